The molecular weight excluding hydrogens is 485 g/mol. The lowest BCUT2D eigenvalue weighted by Gasteiger charge is -2.15. The van der Waals surface area contributed by atoms with Gasteiger partial charge < -0.3 is 15.5 Å². The van der Waals surface area contributed by atoms with Crippen molar-refractivity contribution in [2.24, 2.45) is 0 Å². The number of hydrogen-bond acceptors (Lipinski definition) is 8. The van der Waals surface area contributed by atoms with Crippen LogP contribution in [-0.2, 0) is 11.7 Å². The van der Waals surface area contributed by atoms with Crippen molar-refractivity contribution in [1.29, 1.82) is 0 Å². The number of nitrogens with one attached hydrogen (secondary N) is 2. The van der Waals surface area contributed by atoms with Gasteiger partial charge in [-0.1, -0.05) is 0 Å². The van der Waals surface area contributed by atoms with Crippen molar-refractivity contribution in [1.82, 2.24) is 29.9 Å². The summed E-state index contributed by atoms with van der Waals surface area (Å²) in [5.41, 5.74) is -0.784. The number of hydrogen-bond donors (Lipinski definition) is 2. The molecule has 3 aromatic rings. The molecule has 186 valence electrons. The summed E-state index contributed by atoms with van der Waals surface area (Å²) >= 11 is 0. The highest BCUT2D eigenvalue weighted by atomic mass is 19.4. The third kappa shape index (κ3) is 5.00. The van der Waals surface area contributed by atoms with Crippen molar-refractivity contribution < 1.29 is 22.0 Å². The van der Waals surface area contributed by atoms with Crippen LogP contribution in [-0.4, -0.2) is 41.9 Å². The van der Waals surface area contributed by atoms with Gasteiger partial charge in [0.15, 0.2) is 5.82 Å². The van der Waals surface area contributed by atoms with Gasteiger partial charge in [0.25, 0.3) is 5.54 Å². The number of anilines is 3. The van der Waals surface area contributed by atoms with Crippen LogP contribution < -0.4 is 10.6 Å². The molecule has 1 unspecified atom stereocenters. The third-order valence-corrected chi connectivity index (χ3v) is 5.95. The molecule has 0 saturated heterocycles. The van der Waals surface area contributed by atoms with Crippen LogP contribution in [0.3, 0.4) is 0 Å². The molecule has 2 aliphatic rings. The topological polar surface area (TPSA) is 106 Å². The van der Waals surface area contributed by atoms with E-state index in [0.717, 1.165) is 6.20 Å². The molecule has 1 atom stereocenters. The van der Waals surface area contributed by atoms with Gasteiger partial charge in [-0.15, -0.1) is 0 Å². The zero-order valence-corrected chi connectivity index (χ0v) is 18.5. The molecule has 2 fully saturated rings. The fraction of sp³-hybridized carbons (Fsp3) is 0.409. The second kappa shape index (κ2) is 8.58. The Hall–Kier alpha value is -4.02. The van der Waals surface area contributed by atoms with Crippen molar-refractivity contribution in [2.45, 2.75) is 55.8 Å². The van der Waals surface area contributed by atoms with Crippen LogP contribution in [0.5, 0.6) is 0 Å². The molecule has 2 aliphatic carbocycles. The average Bonchev–Trinajstić information content (AvgIpc) is 3.56. The second-order valence-electron chi connectivity index (χ2n) is 8.71. The van der Waals surface area contributed by atoms with Crippen molar-refractivity contribution in [3.63, 3.8) is 0 Å². The third-order valence-electron chi connectivity index (χ3n) is 5.95. The first-order chi connectivity index (χ1) is 17.1. The minimum Gasteiger partial charge on any atom is -0.351 e. The summed E-state index contributed by atoms with van der Waals surface area (Å²) in [5.74, 6) is -3.69. The Bertz CT molecular complexity index is 1330. The number of aromatic nitrogens is 6. The van der Waals surface area contributed by atoms with Crippen LogP contribution in [0.4, 0.5) is 39.5 Å². The number of halogens is 5. The van der Waals surface area contributed by atoms with Gasteiger partial charge in [-0.05, 0) is 24.6 Å². The predicted octanol–water partition coefficient (Wildman–Crippen LogP) is 4.99. The van der Waals surface area contributed by atoms with Gasteiger partial charge >= 0.3 is 6.18 Å². The molecule has 0 aromatic carbocycles. The maximum Gasteiger partial charge on any atom is 0.433 e. The fourth-order valence-electron chi connectivity index (χ4n) is 3.91. The van der Waals surface area contributed by atoms with Crippen molar-refractivity contribution >= 4 is 17.6 Å². The quantitative estimate of drug-likeness (QED) is 0.358. The summed E-state index contributed by atoms with van der Waals surface area (Å²) in [6, 6.07) is 3.36. The lowest BCUT2D eigenvalue weighted by molar-refractivity contribution is -0.141. The van der Waals surface area contributed by atoms with E-state index in [1.807, 2.05) is 0 Å². The molecule has 3 aromatic heterocycles. The number of rotatable bonds is 6. The van der Waals surface area contributed by atoms with Crippen LogP contribution in [0.15, 0.2) is 30.6 Å². The highest BCUT2D eigenvalue weighted by molar-refractivity contribution is 5.58. The van der Waals surface area contributed by atoms with Crippen LogP contribution in [0.1, 0.15) is 43.5 Å². The fourth-order valence-corrected chi connectivity index (χ4v) is 3.91. The summed E-state index contributed by atoms with van der Waals surface area (Å²) in [4.78, 5) is 27.8. The maximum absolute atomic E-state index is 13.7. The van der Waals surface area contributed by atoms with Crippen LogP contribution in [0.25, 0.3) is 16.5 Å². The summed E-state index contributed by atoms with van der Waals surface area (Å²) < 4.78 is 66.9. The maximum atomic E-state index is 13.7. The summed E-state index contributed by atoms with van der Waals surface area (Å²) in [5, 5.41) is 5.75. The lowest BCUT2D eigenvalue weighted by Crippen LogP contribution is -2.21. The van der Waals surface area contributed by atoms with Crippen LogP contribution in [0.2, 0.25) is 0 Å². The minimum atomic E-state index is -4.71. The summed E-state index contributed by atoms with van der Waals surface area (Å²) in [6.45, 7) is 7.42. The molecule has 2 saturated carbocycles. The van der Waals surface area contributed by atoms with Crippen molar-refractivity contribution in [2.75, 3.05) is 10.6 Å². The van der Waals surface area contributed by atoms with E-state index in [4.69, 9.17) is 6.57 Å². The molecule has 0 bridgehead atoms. The largest absolute Gasteiger partial charge is 0.433 e. The zero-order valence-electron chi connectivity index (χ0n) is 18.5. The van der Waals surface area contributed by atoms with Gasteiger partial charge in [0.1, 0.15) is 11.4 Å². The van der Waals surface area contributed by atoms with Crippen molar-refractivity contribution in [3.8, 4) is 11.6 Å². The Morgan fingerprint density at radius 2 is 1.69 bits per heavy atom. The van der Waals surface area contributed by atoms with Gasteiger partial charge in [-0.2, -0.15) is 28.1 Å². The monoisotopic (exact) mass is 503 g/mol. The molecule has 5 rings (SSSR count). The Labute approximate surface area is 201 Å². The zero-order chi connectivity index (χ0) is 25.6. The van der Waals surface area contributed by atoms with E-state index < -0.39 is 41.6 Å². The van der Waals surface area contributed by atoms with E-state index in [1.165, 1.54) is 6.20 Å². The molecule has 36 heavy (non-hydrogen) atoms. The normalized spacial score (nSPS) is 19.9. The number of pyridine rings is 1. The smallest absolute Gasteiger partial charge is 0.351 e. The first-order valence-corrected chi connectivity index (χ1v) is 11.0. The summed E-state index contributed by atoms with van der Waals surface area (Å²) in [6.07, 6.45) is -1.44. The first-order valence-electron chi connectivity index (χ1n) is 11.0. The highest BCUT2D eigenvalue weighted by Crippen LogP contribution is 2.49. The van der Waals surface area contributed by atoms with E-state index >= 15 is 0 Å². The molecule has 3 heterocycles. The van der Waals surface area contributed by atoms with Gasteiger partial charge in [0, 0.05) is 49.8 Å². The molecule has 0 aliphatic heterocycles. The molecule has 9 nitrogen and oxygen atoms in total. The molecule has 14 heteroatoms. The Kier molecular flexibility index (Phi) is 5.65. The van der Waals surface area contributed by atoms with Gasteiger partial charge in [-0.25, -0.2) is 25.3 Å². The highest BCUT2D eigenvalue weighted by Gasteiger charge is 2.54. The van der Waals surface area contributed by atoms with Crippen LogP contribution in [0, 0.1) is 6.57 Å². The number of nitrogens with zero attached hydrogens (tertiary/aromatic N) is 7. The first kappa shape index (κ1) is 23.7. The van der Waals surface area contributed by atoms with E-state index in [1.54, 1.807) is 12.1 Å². The van der Waals surface area contributed by atoms with Crippen LogP contribution >= 0.6 is 0 Å². The van der Waals surface area contributed by atoms with E-state index in [9.17, 15) is 22.0 Å². The Balaban J connectivity index is 1.49. The standard InChI is InChI=1S/C22H18F5N9/c1-28-20(6-7-20)15-10-12(3-8-29-15)31-18-34-17(16-30-9-4-14(33-16)22(25,26)27)35-19(36-18)32-13-2-5-21(23,24)11-13/h3-4,8-10,13H,2,5-7,11H2,(H2,29,31,32,34,35,36). The SMILES string of the molecule is [C-]#[N+]C1(c2cc(Nc3nc(NC4CCC(F)(F)C4)nc(-c4nccc(C(F)(F)F)n4)n3)ccn2)CC1. The van der Waals surface area contributed by atoms with Gasteiger partial charge in [0.05, 0.1) is 0 Å². The molecule has 0 spiro atoms. The lowest BCUT2D eigenvalue weighted by atomic mass is 10.1. The minimum absolute atomic E-state index is 0.0712. The van der Waals surface area contributed by atoms with E-state index in [0.29, 0.717) is 30.3 Å². The Morgan fingerprint density at radius 3 is 2.36 bits per heavy atom. The second-order valence-corrected chi connectivity index (χ2v) is 8.71. The predicted molar refractivity (Wildman–Crippen MR) is 117 cm³/mol. The van der Waals surface area contributed by atoms with Gasteiger partial charge in [-0.3, -0.25) is 4.98 Å². The molecule has 0 radical (unpaired) electrons. The average molecular weight is 503 g/mol. The summed E-state index contributed by atoms with van der Waals surface area (Å²) in [7, 11) is 0. The van der Waals surface area contributed by atoms with E-state index in [-0.39, 0.29) is 30.6 Å². The van der Waals surface area contributed by atoms with Crippen molar-refractivity contribution in [3.05, 3.63) is 53.4 Å². The van der Waals surface area contributed by atoms with Gasteiger partial charge in [0.2, 0.25) is 23.6 Å². The van der Waals surface area contributed by atoms with E-state index in [2.05, 4.69) is 45.4 Å². The molecule has 2 N–H and O–H groups in total. The Morgan fingerprint density at radius 1 is 0.944 bits per heavy atom. The number of alkyl halides is 5. The molecule has 0 amide bonds. The molecular formula is C22H18F5N9.